The molecule has 0 aromatic heterocycles. The van der Waals surface area contributed by atoms with Gasteiger partial charge in [-0.05, 0) is 28.1 Å². The van der Waals surface area contributed by atoms with Crippen molar-refractivity contribution in [1.29, 1.82) is 0 Å². The maximum Gasteiger partial charge on any atom is 0.418 e. The van der Waals surface area contributed by atoms with Crippen molar-refractivity contribution in [3.05, 3.63) is 27.7 Å². The Morgan fingerprint density at radius 1 is 1.33 bits per heavy atom. The number of benzene rings is 1. The van der Waals surface area contributed by atoms with Crippen molar-refractivity contribution in [3.8, 4) is 0 Å². The van der Waals surface area contributed by atoms with Gasteiger partial charge in [-0.3, -0.25) is 4.79 Å². The maximum atomic E-state index is 12.3. The number of halogens is 4. The normalized spacial score (nSPS) is 11.5. The molecule has 1 aromatic rings. The molecule has 1 amide bonds. The van der Waals surface area contributed by atoms with Crippen molar-refractivity contribution in [2.24, 2.45) is 5.73 Å². The van der Waals surface area contributed by atoms with Gasteiger partial charge in [0.15, 0.2) is 0 Å². The predicted octanol–water partition coefficient (Wildman–Crippen LogP) is 2.15. The van der Waals surface area contributed by atoms with Gasteiger partial charge >= 0.3 is 6.18 Å². The van der Waals surface area contributed by atoms with Crippen molar-refractivity contribution in [1.82, 2.24) is 0 Å². The van der Waals surface area contributed by atoms with Crippen LogP contribution < -0.4 is 11.5 Å². The lowest BCUT2D eigenvalue weighted by Crippen LogP contribution is -2.15. The number of hydrogen-bond donors (Lipinski definition) is 2. The van der Waals surface area contributed by atoms with Crippen molar-refractivity contribution < 1.29 is 18.0 Å². The van der Waals surface area contributed by atoms with Gasteiger partial charge in [-0.2, -0.15) is 13.2 Å². The average molecular weight is 283 g/mol. The van der Waals surface area contributed by atoms with E-state index in [2.05, 4.69) is 15.9 Å². The molecule has 0 aliphatic heterocycles. The molecule has 1 aromatic carbocycles. The fraction of sp³-hybridized carbons (Fsp3) is 0.125. The Morgan fingerprint density at radius 2 is 1.87 bits per heavy atom. The summed E-state index contributed by atoms with van der Waals surface area (Å²) in [5.41, 5.74) is 8.49. The summed E-state index contributed by atoms with van der Waals surface area (Å²) in [5.74, 6) is -0.845. The molecule has 0 saturated carbocycles. The molecule has 0 saturated heterocycles. The third-order valence-corrected chi connectivity index (χ3v) is 2.37. The molecule has 0 bridgehead atoms. The third-order valence-electron chi connectivity index (χ3n) is 1.71. The van der Waals surface area contributed by atoms with Crippen LogP contribution in [0, 0.1) is 0 Å². The Bertz CT molecular complexity index is 417. The first-order valence-corrected chi connectivity index (χ1v) is 4.49. The Kier molecular flexibility index (Phi) is 2.94. The maximum absolute atomic E-state index is 12.3. The molecule has 0 atom stereocenters. The number of primary amides is 1. The second-order valence-electron chi connectivity index (χ2n) is 2.78. The van der Waals surface area contributed by atoms with Gasteiger partial charge in [-0.1, -0.05) is 0 Å². The summed E-state index contributed by atoms with van der Waals surface area (Å²) in [6.07, 6.45) is -4.55. The first-order valence-electron chi connectivity index (χ1n) is 3.69. The van der Waals surface area contributed by atoms with Gasteiger partial charge in [0.25, 0.3) is 0 Å². The summed E-state index contributed by atoms with van der Waals surface area (Å²) in [7, 11) is 0. The lowest BCUT2D eigenvalue weighted by atomic mass is 10.1. The summed E-state index contributed by atoms with van der Waals surface area (Å²) in [6.45, 7) is 0. The molecule has 0 aliphatic carbocycles. The van der Waals surface area contributed by atoms with Crippen LogP contribution in [0.25, 0.3) is 0 Å². The standard InChI is InChI=1S/C8H6BrF3N2O/c9-5-2-4(8(10,11)12)6(13)1-3(5)7(14)15/h1-2H,13H2,(H2,14,15). The van der Waals surface area contributed by atoms with Gasteiger partial charge in [0.1, 0.15) is 0 Å². The SMILES string of the molecule is NC(=O)c1cc(N)c(C(F)(F)F)cc1Br. The fourth-order valence-corrected chi connectivity index (χ4v) is 1.56. The Hall–Kier alpha value is -1.24. The van der Waals surface area contributed by atoms with Crippen LogP contribution in [0.4, 0.5) is 18.9 Å². The van der Waals surface area contributed by atoms with Crippen LogP contribution in [0.3, 0.4) is 0 Å². The number of anilines is 1. The molecular formula is C8H6BrF3N2O. The van der Waals surface area contributed by atoms with E-state index in [4.69, 9.17) is 11.5 Å². The number of carbonyl (C=O) groups excluding carboxylic acids is 1. The predicted molar refractivity (Wildman–Crippen MR) is 52.1 cm³/mol. The number of nitrogens with two attached hydrogens (primary N) is 2. The van der Waals surface area contributed by atoms with E-state index >= 15 is 0 Å². The first-order chi connectivity index (χ1) is 6.73. The van der Waals surface area contributed by atoms with Gasteiger partial charge in [-0.25, -0.2) is 0 Å². The molecule has 15 heavy (non-hydrogen) atoms. The van der Waals surface area contributed by atoms with Crippen LogP contribution in [0.5, 0.6) is 0 Å². The molecule has 0 unspecified atom stereocenters. The smallest absolute Gasteiger partial charge is 0.398 e. The Balaban J connectivity index is 3.39. The van der Waals surface area contributed by atoms with Crippen molar-refractivity contribution >= 4 is 27.5 Å². The Labute approximate surface area is 91.4 Å². The van der Waals surface area contributed by atoms with Gasteiger partial charge in [-0.15, -0.1) is 0 Å². The van der Waals surface area contributed by atoms with E-state index < -0.39 is 23.3 Å². The van der Waals surface area contributed by atoms with Crippen LogP contribution in [-0.2, 0) is 6.18 Å². The second kappa shape index (κ2) is 3.73. The zero-order chi connectivity index (χ0) is 11.8. The van der Waals surface area contributed by atoms with Crippen LogP contribution in [0.15, 0.2) is 16.6 Å². The topological polar surface area (TPSA) is 69.1 Å². The molecule has 7 heteroatoms. The molecule has 0 fully saturated rings. The van der Waals surface area contributed by atoms with E-state index in [-0.39, 0.29) is 10.0 Å². The number of rotatable bonds is 1. The summed E-state index contributed by atoms with van der Waals surface area (Å²) in [6, 6.07) is 1.63. The van der Waals surface area contributed by atoms with Crippen molar-refractivity contribution in [3.63, 3.8) is 0 Å². The molecule has 0 radical (unpaired) electrons. The highest BCUT2D eigenvalue weighted by Gasteiger charge is 2.33. The summed E-state index contributed by atoms with van der Waals surface area (Å²) >= 11 is 2.82. The van der Waals surface area contributed by atoms with Crippen LogP contribution >= 0.6 is 15.9 Å². The number of amides is 1. The molecule has 0 aliphatic rings. The van der Waals surface area contributed by atoms with E-state index in [9.17, 15) is 18.0 Å². The quantitative estimate of drug-likeness (QED) is 0.775. The minimum atomic E-state index is -4.55. The van der Waals surface area contributed by atoms with Gasteiger partial charge in [0, 0.05) is 10.2 Å². The number of hydrogen-bond acceptors (Lipinski definition) is 2. The van der Waals surface area contributed by atoms with Crippen LogP contribution in [0.2, 0.25) is 0 Å². The van der Waals surface area contributed by atoms with Gasteiger partial charge < -0.3 is 11.5 Å². The number of nitrogen functional groups attached to an aromatic ring is 1. The third kappa shape index (κ3) is 2.41. The monoisotopic (exact) mass is 282 g/mol. The lowest BCUT2D eigenvalue weighted by molar-refractivity contribution is -0.136. The molecular weight excluding hydrogens is 277 g/mol. The minimum Gasteiger partial charge on any atom is -0.398 e. The van der Waals surface area contributed by atoms with E-state index in [1.807, 2.05) is 0 Å². The van der Waals surface area contributed by atoms with Crippen LogP contribution in [0.1, 0.15) is 15.9 Å². The molecule has 0 heterocycles. The fourth-order valence-electron chi connectivity index (χ4n) is 1.02. The number of carbonyl (C=O) groups is 1. The highest BCUT2D eigenvalue weighted by molar-refractivity contribution is 9.10. The highest BCUT2D eigenvalue weighted by atomic mass is 79.9. The van der Waals surface area contributed by atoms with Gasteiger partial charge in [0.05, 0.1) is 11.1 Å². The average Bonchev–Trinajstić information content (AvgIpc) is 2.06. The van der Waals surface area contributed by atoms with Gasteiger partial charge in [0.2, 0.25) is 5.91 Å². The summed E-state index contributed by atoms with van der Waals surface area (Å²) in [4.78, 5) is 10.8. The molecule has 3 nitrogen and oxygen atoms in total. The largest absolute Gasteiger partial charge is 0.418 e. The summed E-state index contributed by atoms with van der Waals surface area (Å²) < 4.78 is 37.0. The van der Waals surface area contributed by atoms with E-state index in [0.717, 1.165) is 12.1 Å². The zero-order valence-electron chi connectivity index (χ0n) is 7.23. The molecule has 0 spiro atoms. The van der Waals surface area contributed by atoms with E-state index in [1.165, 1.54) is 0 Å². The molecule has 4 N–H and O–H groups in total. The Morgan fingerprint density at radius 3 is 2.27 bits per heavy atom. The molecule has 82 valence electrons. The molecule has 1 rings (SSSR count). The van der Waals surface area contributed by atoms with E-state index in [0.29, 0.717) is 0 Å². The van der Waals surface area contributed by atoms with E-state index in [1.54, 1.807) is 0 Å². The first kappa shape index (κ1) is 11.8. The second-order valence-corrected chi connectivity index (χ2v) is 3.64. The minimum absolute atomic E-state index is 0.0310. The zero-order valence-corrected chi connectivity index (χ0v) is 8.82. The van der Waals surface area contributed by atoms with Crippen molar-refractivity contribution in [2.75, 3.05) is 5.73 Å². The number of alkyl halides is 3. The highest BCUT2D eigenvalue weighted by Crippen LogP contribution is 2.36. The summed E-state index contributed by atoms with van der Waals surface area (Å²) in [5, 5.41) is 0. The van der Waals surface area contributed by atoms with Crippen LogP contribution in [-0.4, -0.2) is 5.91 Å². The lowest BCUT2D eigenvalue weighted by Gasteiger charge is -2.11. The van der Waals surface area contributed by atoms with Crippen molar-refractivity contribution in [2.45, 2.75) is 6.18 Å².